The first-order valence-electron chi connectivity index (χ1n) is 14.0. The Morgan fingerprint density at radius 3 is 2.54 bits per heavy atom. The summed E-state index contributed by atoms with van der Waals surface area (Å²) in [5, 5.41) is 3.75. The van der Waals surface area contributed by atoms with Gasteiger partial charge in [-0.1, -0.05) is 61.2 Å². The first kappa shape index (κ1) is 30.4. The third-order valence-electron chi connectivity index (χ3n) is 6.74. The molecule has 0 aliphatic carbocycles. The fourth-order valence-electron chi connectivity index (χ4n) is 4.86. The van der Waals surface area contributed by atoms with Gasteiger partial charge in [0.2, 0.25) is 0 Å². The Morgan fingerprint density at radius 2 is 1.80 bits per heavy atom. The molecule has 1 aliphatic rings. The van der Waals surface area contributed by atoms with Crippen LogP contribution in [0.15, 0.2) is 73.3 Å². The van der Waals surface area contributed by atoms with E-state index in [2.05, 4.69) is 36.9 Å². The monoisotopic (exact) mass is 563 g/mol. The molecule has 2 unspecified atom stereocenters. The lowest BCUT2D eigenvalue weighted by Gasteiger charge is -2.37. The summed E-state index contributed by atoms with van der Waals surface area (Å²) in [5.41, 5.74) is 1.43. The second kappa shape index (κ2) is 14.3. The largest absolute Gasteiger partial charge is 0.528 e. The van der Waals surface area contributed by atoms with Crippen molar-refractivity contribution in [2.24, 2.45) is 0 Å². The highest BCUT2D eigenvalue weighted by atomic mass is 16.8. The minimum atomic E-state index is -0.721. The van der Waals surface area contributed by atoms with E-state index in [4.69, 9.17) is 28.5 Å². The van der Waals surface area contributed by atoms with Gasteiger partial charge in [0, 0.05) is 30.5 Å². The molecule has 1 heterocycles. The Kier molecular flexibility index (Phi) is 10.6. The summed E-state index contributed by atoms with van der Waals surface area (Å²) in [7, 11) is 1.66. The van der Waals surface area contributed by atoms with Crippen molar-refractivity contribution >= 4 is 16.9 Å². The van der Waals surface area contributed by atoms with E-state index < -0.39 is 11.8 Å². The molecule has 1 aliphatic heterocycles. The highest BCUT2D eigenvalue weighted by Crippen LogP contribution is 2.35. The van der Waals surface area contributed by atoms with Gasteiger partial charge in [0.1, 0.15) is 30.3 Å². The fourth-order valence-corrected chi connectivity index (χ4v) is 4.86. The molecule has 0 N–H and O–H groups in total. The number of fused-ring (bicyclic) bond motifs is 1. The van der Waals surface area contributed by atoms with Crippen molar-refractivity contribution in [3.05, 3.63) is 84.4 Å². The molecule has 2 atom stereocenters. The minimum absolute atomic E-state index is 0.0836. The molecule has 41 heavy (non-hydrogen) atoms. The van der Waals surface area contributed by atoms with Crippen molar-refractivity contribution in [3.63, 3.8) is 0 Å². The molecule has 0 aromatic heterocycles. The van der Waals surface area contributed by atoms with Gasteiger partial charge in [-0.3, -0.25) is 0 Å². The van der Waals surface area contributed by atoms with Crippen LogP contribution in [0.2, 0.25) is 0 Å². The van der Waals surface area contributed by atoms with Crippen LogP contribution in [-0.2, 0) is 25.7 Å². The number of benzene rings is 3. The molecule has 3 aromatic rings. The summed E-state index contributed by atoms with van der Waals surface area (Å²) in [6, 6.07) is 20.3. The van der Waals surface area contributed by atoms with Crippen LogP contribution in [-0.4, -0.2) is 62.9 Å². The van der Waals surface area contributed by atoms with Crippen molar-refractivity contribution in [3.8, 4) is 11.5 Å². The number of hydrogen-bond acceptors (Lipinski definition) is 8. The number of ether oxygens (including phenoxy) is 5. The third-order valence-corrected chi connectivity index (χ3v) is 6.74. The van der Waals surface area contributed by atoms with E-state index in [9.17, 15) is 4.79 Å². The van der Waals surface area contributed by atoms with Crippen LogP contribution in [0, 0.1) is 0 Å². The number of piperidine rings is 1. The van der Waals surface area contributed by atoms with Gasteiger partial charge in [0.05, 0.1) is 25.9 Å². The van der Waals surface area contributed by atoms with Crippen molar-refractivity contribution in [1.82, 2.24) is 5.06 Å². The molecular formula is C33H41NO7. The summed E-state index contributed by atoms with van der Waals surface area (Å²) in [6.07, 6.45) is 1.47. The number of hydroxylamine groups is 2. The van der Waals surface area contributed by atoms with E-state index in [-0.39, 0.29) is 12.0 Å². The quantitative estimate of drug-likeness (QED) is 0.137. The Labute approximate surface area is 242 Å². The van der Waals surface area contributed by atoms with Gasteiger partial charge < -0.3 is 28.5 Å². The van der Waals surface area contributed by atoms with Crippen LogP contribution in [0.4, 0.5) is 4.79 Å². The molecule has 8 nitrogen and oxygen atoms in total. The van der Waals surface area contributed by atoms with Crippen LogP contribution in [0.25, 0.3) is 10.8 Å². The Balaban J connectivity index is 1.55. The van der Waals surface area contributed by atoms with Crippen molar-refractivity contribution in [2.75, 3.05) is 40.0 Å². The first-order chi connectivity index (χ1) is 19.8. The molecule has 220 valence electrons. The summed E-state index contributed by atoms with van der Waals surface area (Å²) in [4.78, 5) is 18.0. The number of carbonyl (C=O) groups is 1. The molecule has 1 fully saturated rings. The topological polar surface area (TPSA) is 75.7 Å². The van der Waals surface area contributed by atoms with Crippen molar-refractivity contribution < 1.29 is 33.3 Å². The zero-order valence-electron chi connectivity index (χ0n) is 24.5. The summed E-state index contributed by atoms with van der Waals surface area (Å²) < 4.78 is 29.0. The van der Waals surface area contributed by atoms with Crippen LogP contribution in [0.3, 0.4) is 0 Å². The van der Waals surface area contributed by atoms with E-state index in [0.29, 0.717) is 39.5 Å². The van der Waals surface area contributed by atoms with Gasteiger partial charge in [-0.05, 0) is 50.3 Å². The standard InChI is InChI=1S/C33H41NO7/c1-6-19-37-27-15-13-25(14-16-27)28-17-18-34(41-32(35)40-33(2,3)4)22-30(28)39-23-26-12-11-24-9-7-8-10-29(24)31(26)38-21-20-36-5/h6-16,28,30H,1,17-23H2,2-5H3. The molecular weight excluding hydrogens is 522 g/mol. The Hall–Kier alpha value is -3.59. The number of rotatable bonds is 12. The van der Waals surface area contributed by atoms with E-state index in [1.807, 2.05) is 51.1 Å². The van der Waals surface area contributed by atoms with Gasteiger partial charge >= 0.3 is 6.16 Å². The van der Waals surface area contributed by atoms with Crippen LogP contribution in [0.5, 0.6) is 11.5 Å². The van der Waals surface area contributed by atoms with Crippen LogP contribution >= 0.6 is 0 Å². The smallest absolute Gasteiger partial charge is 0.490 e. The molecule has 3 aromatic carbocycles. The average Bonchev–Trinajstić information content (AvgIpc) is 2.95. The van der Waals surface area contributed by atoms with Crippen LogP contribution in [0.1, 0.15) is 44.2 Å². The van der Waals surface area contributed by atoms with Gasteiger partial charge in [-0.15, -0.1) is 5.06 Å². The van der Waals surface area contributed by atoms with E-state index in [0.717, 1.165) is 39.8 Å². The molecule has 0 amide bonds. The van der Waals surface area contributed by atoms with Crippen molar-refractivity contribution in [1.29, 1.82) is 0 Å². The predicted octanol–water partition coefficient (Wildman–Crippen LogP) is 6.67. The number of carbonyl (C=O) groups excluding carboxylic acids is 1. The lowest BCUT2D eigenvalue weighted by molar-refractivity contribution is -0.179. The fraction of sp³-hybridized carbons (Fsp3) is 0.424. The maximum absolute atomic E-state index is 12.4. The van der Waals surface area contributed by atoms with E-state index in [1.165, 1.54) is 0 Å². The highest BCUT2D eigenvalue weighted by molar-refractivity contribution is 5.89. The zero-order chi connectivity index (χ0) is 29.2. The molecule has 1 saturated heterocycles. The molecule has 8 heteroatoms. The van der Waals surface area contributed by atoms with Crippen LogP contribution < -0.4 is 9.47 Å². The Morgan fingerprint density at radius 1 is 1.02 bits per heavy atom. The van der Waals surface area contributed by atoms with Gasteiger partial charge in [-0.2, -0.15) is 0 Å². The van der Waals surface area contributed by atoms with E-state index in [1.54, 1.807) is 18.2 Å². The summed E-state index contributed by atoms with van der Waals surface area (Å²) in [6.45, 7) is 11.8. The Bertz CT molecular complexity index is 1280. The van der Waals surface area contributed by atoms with Gasteiger partial charge in [-0.25, -0.2) is 4.79 Å². The lowest BCUT2D eigenvalue weighted by atomic mass is 9.87. The summed E-state index contributed by atoms with van der Waals surface area (Å²) >= 11 is 0. The molecule has 4 rings (SSSR count). The number of methoxy groups -OCH3 is 1. The molecule has 0 bridgehead atoms. The van der Waals surface area contributed by atoms with Gasteiger partial charge in [0.15, 0.2) is 0 Å². The number of hydrogen-bond donors (Lipinski definition) is 0. The normalized spacial score (nSPS) is 17.7. The lowest BCUT2D eigenvalue weighted by Crippen LogP contribution is -2.45. The second-order valence-corrected chi connectivity index (χ2v) is 11.0. The third kappa shape index (κ3) is 8.70. The number of nitrogens with zero attached hydrogens (tertiary/aromatic N) is 1. The first-order valence-corrected chi connectivity index (χ1v) is 14.0. The zero-order valence-corrected chi connectivity index (χ0v) is 24.5. The molecule has 0 spiro atoms. The van der Waals surface area contributed by atoms with Gasteiger partial charge in [0.25, 0.3) is 0 Å². The summed E-state index contributed by atoms with van der Waals surface area (Å²) in [5.74, 6) is 1.66. The molecule has 0 saturated carbocycles. The van der Waals surface area contributed by atoms with E-state index >= 15 is 0 Å². The highest BCUT2D eigenvalue weighted by Gasteiger charge is 2.34. The average molecular weight is 564 g/mol. The molecule has 0 radical (unpaired) electrons. The predicted molar refractivity (Wildman–Crippen MR) is 158 cm³/mol. The maximum Gasteiger partial charge on any atom is 0.528 e. The second-order valence-electron chi connectivity index (χ2n) is 11.0. The minimum Gasteiger partial charge on any atom is -0.490 e. The SMILES string of the molecule is C=CCOc1ccc(C2CCN(OC(=O)OC(C)(C)C)CC2OCc2ccc3ccccc3c2OCCOC)cc1. The van der Waals surface area contributed by atoms with Crippen molar-refractivity contribution in [2.45, 2.75) is 51.4 Å². The maximum atomic E-state index is 12.4.